The van der Waals surface area contributed by atoms with Gasteiger partial charge >= 0.3 is 0 Å². The standard InChI is InChI=1S/C58H39NS/c1-3-17-41(18-4-1)49-24-9-10-26-53(49)57-50(42-19-5-2-6-20-42)27-15-30-55(57)59(48-23-13-22-45(39-48)46-33-32-40-16-7-8-21-44(40)38-46)47-36-34-43(35-37-47)51-28-14-29-54-52-25-11-12-31-56(52)60-58(51)54/h1-39H. The molecule has 0 amide bonds. The van der Waals surface area contributed by atoms with Gasteiger partial charge in [-0.3, -0.25) is 0 Å². The molecule has 0 spiro atoms. The van der Waals surface area contributed by atoms with Crippen LogP contribution >= 0.6 is 11.3 Å². The minimum Gasteiger partial charge on any atom is -0.310 e. The average Bonchev–Trinajstić information content (AvgIpc) is 3.71. The second kappa shape index (κ2) is 15.3. The highest BCUT2D eigenvalue weighted by molar-refractivity contribution is 7.26. The Morgan fingerprint density at radius 2 is 0.850 bits per heavy atom. The number of nitrogens with zero attached hydrogens (tertiary/aromatic N) is 1. The van der Waals surface area contributed by atoms with Crippen molar-refractivity contribution in [1.29, 1.82) is 0 Å². The van der Waals surface area contributed by atoms with E-state index in [-0.39, 0.29) is 0 Å². The van der Waals surface area contributed by atoms with Gasteiger partial charge in [0.25, 0.3) is 0 Å². The van der Waals surface area contributed by atoms with Crippen molar-refractivity contribution in [3.8, 4) is 55.6 Å². The molecule has 11 rings (SSSR count). The topological polar surface area (TPSA) is 3.24 Å². The lowest BCUT2D eigenvalue weighted by Crippen LogP contribution is -2.12. The Hall–Kier alpha value is -7.52. The van der Waals surface area contributed by atoms with Gasteiger partial charge in [-0.1, -0.05) is 194 Å². The third-order valence-electron chi connectivity index (χ3n) is 11.7. The van der Waals surface area contributed by atoms with Gasteiger partial charge in [0.05, 0.1) is 5.69 Å². The molecular weight excluding hydrogens is 743 g/mol. The molecule has 0 aliphatic rings. The maximum atomic E-state index is 2.46. The van der Waals surface area contributed by atoms with E-state index in [4.69, 9.17) is 0 Å². The van der Waals surface area contributed by atoms with E-state index in [2.05, 4.69) is 241 Å². The minimum atomic E-state index is 1.08. The molecule has 0 aliphatic carbocycles. The van der Waals surface area contributed by atoms with Crippen LogP contribution in [0, 0.1) is 0 Å². The summed E-state index contributed by atoms with van der Waals surface area (Å²) in [4.78, 5) is 2.46. The lowest BCUT2D eigenvalue weighted by atomic mass is 9.87. The van der Waals surface area contributed by atoms with Crippen molar-refractivity contribution in [3.05, 3.63) is 237 Å². The Bertz CT molecular complexity index is 3310. The van der Waals surface area contributed by atoms with Crippen molar-refractivity contribution in [1.82, 2.24) is 0 Å². The quantitative estimate of drug-likeness (QED) is 0.148. The van der Waals surface area contributed by atoms with Gasteiger partial charge in [-0.15, -0.1) is 11.3 Å². The van der Waals surface area contributed by atoms with Crippen LogP contribution in [0.15, 0.2) is 237 Å². The molecule has 0 bridgehead atoms. The molecule has 1 nitrogen and oxygen atoms in total. The Balaban J connectivity index is 1.14. The Morgan fingerprint density at radius 3 is 1.67 bits per heavy atom. The van der Waals surface area contributed by atoms with Crippen LogP contribution in [0.4, 0.5) is 17.1 Å². The third-order valence-corrected chi connectivity index (χ3v) is 12.9. The van der Waals surface area contributed by atoms with Gasteiger partial charge in [0.1, 0.15) is 0 Å². The lowest BCUT2D eigenvalue weighted by molar-refractivity contribution is 1.28. The predicted octanol–water partition coefficient (Wildman–Crippen LogP) is 17.0. The van der Waals surface area contributed by atoms with Crippen molar-refractivity contribution in [2.75, 3.05) is 4.90 Å². The molecule has 282 valence electrons. The first-order chi connectivity index (χ1) is 29.8. The highest BCUT2D eigenvalue weighted by atomic mass is 32.1. The van der Waals surface area contributed by atoms with Gasteiger partial charge in [-0.2, -0.15) is 0 Å². The molecular formula is C58H39NS. The highest BCUT2D eigenvalue weighted by Gasteiger charge is 2.23. The van der Waals surface area contributed by atoms with Gasteiger partial charge in [-0.05, 0) is 103 Å². The molecule has 2 heteroatoms. The van der Waals surface area contributed by atoms with Crippen LogP contribution in [-0.4, -0.2) is 0 Å². The number of fused-ring (bicyclic) bond motifs is 4. The number of rotatable bonds is 8. The maximum absolute atomic E-state index is 2.46. The molecule has 1 heterocycles. The summed E-state index contributed by atoms with van der Waals surface area (Å²) in [7, 11) is 0. The fourth-order valence-electron chi connectivity index (χ4n) is 8.82. The van der Waals surface area contributed by atoms with Crippen LogP contribution in [0.3, 0.4) is 0 Å². The molecule has 0 saturated carbocycles. The van der Waals surface area contributed by atoms with E-state index in [9.17, 15) is 0 Å². The summed E-state index contributed by atoms with van der Waals surface area (Å²) < 4.78 is 2.64. The first-order valence-corrected chi connectivity index (χ1v) is 21.3. The van der Waals surface area contributed by atoms with E-state index >= 15 is 0 Å². The summed E-state index contributed by atoms with van der Waals surface area (Å²) >= 11 is 1.88. The molecule has 10 aromatic carbocycles. The predicted molar refractivity (Wildman–Crippen MR) is 259 cm³/mol. The van der Waals surface area contributed by atoms with E-state index < -0.39 is 0 Å². The van der Waals surface area contributed by atoms with Gasteiger partial charge in [0, 0.05) is 37.1 Å². The molecule has 60 heavy (non-hydrogen) atoms. The first-order valence-electron chi connectivity index (χ1n) is 20.5. The molecule has 0 radical (unpaired) electrons. The SMILES string of the molecule is c1ccc(-c2ccccc2-c2c(-c3ccccc3)cccc2N(c2ccc(-c3cccc4c3sc3ccccc34)cc2)c2cccc(-c3ccc4ccccc4c3)c2)cc1. The second-order valence-electron chi connectivity index (χ2n) is 15.3. The van der Waals surface area contributed by atoms with E-state index in [0.29, 0.717) is 0 Å². The minimum absolute atomic E-state index is 1.08. The third kappa shape index (κ3) is 6.44. The monoisotopic (exact) mass is 781 g/mol. The number of hydrogen-bond donors (Lipinski definition) is 0. The molecule has 11 aromatic rings. The number of benzene rings is 10. The van der Waals surface area contributed by atoms with E-state index in [1.54, 1.807) is 0 Å². The van der Waals surface area contributed by atoms with Crippen molar-refractivity contribution in [3.63, 3.8) is 0 Å². The van der Waals surface area contributed by atoms with Crippen LogP contribution in [-0.2, 0) is 0 Å². The fourth-order valence-corrected chi connectivity index (χ4v) is 10.1. The maximum Gasteiger partial charge on any atom is 0.0546 e. The fraction of sp³-hybridized carbons (Fsp3) is 0. The Kier molecular flexibility index (Phi) is 9.11. The van der Waals surface area contributed by atoms with Crippen LogP contribution in [0.5, 0.6) is 0 Å². The van der Waals surface area contributed by atoms with E-state index in [1.165, 1.54) is 86.6 Å². The van der Waals surface area contributed by atoms with Gasteiger partial charge < -0.3 is 4.90 Å². The van der Waals surface area contributed by atoms with Gasteiger partial charge in [0.15, 0.2) is 0 Å². The van der Waals surface area contributed by atoms with Crippen LogP contribution < -0.4 is 4.90 Å². The molecule has 0 aliphatic heterocycles. The van der Waals surface area contributed by atoms with E-state index in [1.807, 2.05) is 11.3 Å². The zero-order chi connectivity index (χ0) is 39.8. The summed E-state index contributed by atoms with van der Waals surface area (Å²) in [6, 6.07) is 86.2. The van der Waals surface area contributed by atoms with Gasteiger partial charge in [0.2, 0.25) is 0 Å². The largest absolute Gasteiger partial charge is 0.310 e. The normalized spacial score (nSPS) is 11.3. The molecule has 0 unspecified atom stereocenters. The summed E-state index contributed by atoms with van der Waals surface area (Å²) in [5, 5.41) is 5.10. The number of thiophene rings is 1. The zero-order valence-corrected chi connectivity index (χ0v) is 33.7. The molecule has 1 aromatic heterocycles. The summed E-state index contributed by atoms with van der Waals surface area (Å²) in [6.45, 7) is 0. The smallest absolute Gasteiger partial charge is 0.0546 e. The number of hydrogen-bond acceptors (Lipinski definition) is 2. The van der Waals surface area contributed by atoms with Crippen molar-refractivity contribution >= 4 is 59.3 Å². The van der Waals surface area contributed by atoms with Crippen molar-refractivity contribution in [2.45, 2.75) is 0 Å². The highest BCUT2D eigenvalue weighted by Crippen LogP contribution is 2.49. The molecule has 0 saturated heterocycles. The van der Waals surface area contributed by atoms with Crippen molar-refractivity contribution in [2.24, 2.45) is 0 Å². The molecule has 0 N–H and O–H groups in total. The average molecular weight is 782 g/mol. The molecule has 0 atom stereocenters. The summed E-state index contributed by atoms with van der Waals surface area (Å²) in [5.41, 5.74) is 15.2. The second-order valence-corrected chi connectivity index (χ2v) is 16.3. The summed E-state index contributed by atoms with van der Waals surface area (Å²) in [6.07, 6.45) is 0. The zero-order valence-electron chi connectivity index (χ0n) is 32.9. The van der Waals surface area contributed by atoms with Gasteiger partial charge in [-0.25, -0.2) is 0 Å². The summed E-state index contributed by atoms with van der Waals surface area (Å²) in [5.74, 6) is 0. The van der Waals surface area contributed by atoms with Crippen LogP contribution in [0.25, 0.3) is 86.6 Å². The Morgan fingerprint density at radius 1 is 0.300 bits per heavy atom. The lowest BCUT2D eigenvalue weighted by Gasteiger charge is -2.30. The Labute approximate surface area is 354 Å². The number of anilines is 3. The first kappa shape index (κ1) is 35.6. The van der Waals surface area contributed by atoms with Crippen LogP contribution in [0.2, 0.25) is 0 Å². The van der Waals surface area contributed by atoms with Crippen LogP contribution in [0.1, 0.15) is 0 Å². The van der Waals surface area contributed by atoms with E-state index in [0.717, 1.165) is 17.1 Å². The van der Waals surface area contributed by atoms with Crippen molar-refractivity contribution < 1.29 is 0 Å². The molecule has 0 fully saturated rings.